The molecule has 0 heterocycles. The van der Waals surface area contributed by atoms with Crippen LogP contribution in [-0.4, -0.2) is 35.8 Å². The molecule has 2 N–H and O–H groups in total. The second-order valence-electron chi connectivity index (χ2n) is 5.17. The van der Waals surface area contributed by atoms with E-state index in [1.54, 1.807) is 0 Å². The van der Waals surface area contributed by atoms with E-state index in [4.69, 9.17) is 0 Å². The number of nitrogens with one attached hydrogen (secondary N) is 1. The summed E-state index contributed by atoms with van der Waals surface area (Å²) >= 11 is 1.94. The fourth-order valence-electron chi connectivity index (χ4n) is 2.54. The molecular weight excluding hydrogens is 230 g/mol. The molecule has 2 unspecified atom stereocenters. The maximum Gasteiger partial charge on any atom is 0.0693 e. The first-order chi connectivity index (χ1) is 8.34. The van der Waals surface area contributed by atoms with Gasteiger partial charge in [0, 0.05) is 6.04 Å². The van der Waals surface area contributed by atoms with Gasteiger partial charge in [-0.1, -0.05) is 32.1 Å². The van der Waals surface area contributed by atoms with Gasteiger partial charge in [0.1, 0.15) is 0 Å². The first-order valence-electron chi connectivity index (χ1n) is 7.25. The number of rotatable bonds is 8. The molecule has 1 fully saturated rings. The van der Waals surface area contributed by atoms with Crippen molar-refractivity contribution in [3.8, 4) is 0 Å². The summed E-state index contributed by atoms with van der Waals surface area (Å²) in [4.78, 5) is 0. The highest BCUT2D eigenvalue weighted by atomic mass is 32.2. The van der Waals surface area contributed by atoms with Gasteiger partial charge in [-0.25, -0.2) is 0 Å². The average Bonchev–Trinajstić information content (AvgIpc) is 2.53. The Morgan fingerprint density at radius 3 is 2.65 bits per heavy atom. The Morgan fingerprint density at radius 1 is 1.06 bits per heavy atom. The van der Waals surface area contributed by atoms with Crippen LogP contribution in [0.25, 0.3) is 0 Å². The van der Waals surface area contributed by atoms with Gasteiger partial charge in [-0.2, -0.15) is 11.8 Å². The highest BCUT2D eigenvalue weighted by molar-refractivity contribution is 7.98. The second kappa shape index (κ2) is 10.2. The molecule has 3 heteroatoms. The summed E-state index contributed by atoms with van der Waals surface area (Å²) in [6.45, 7) is 1.08. The van der Waals surface area contributed by atoms with Crippen LogP contribution in [0.1, 0.15) is 57.8 Å². The van der Waals surface area contributed by atoms with E-state index >= 15 is 0 Å². The van der Waals surface area contributed by atoms with E-state index < -0.39 is 0 Å². The molecule has 2 atom stereocenters. The zero-order valence-electron chi connectivity index (χ0n) is 11.3. The van der Waals surface area contributed by atoms with Crippen LogP contribution < -0.4 is 5.32 Å². The molecule has 0 aromatic rings. The fourth-order valence-corrected chi connectivity index (χ4v) is 3.03. The summed E-state index contributed by atoms with van der Waals surface area (Å²) < 4.78 is 0. The van der Waals surface area contributed by atoms with E-state index in [0.29, 0.717) is 6.04 Å². The lowest BCUT2D eigenvalue weighted by Gasteiger charge is -2.21. The van der Waals surface area contributed by atoms with Gasteiger partial charge in [-0.3, -0.25) is 0 Å². The van der Waals surface area contributed by atoms with E-state index in [-0.39, 0.29) is 6.10 Å². The van der Waals surface area contributed by atoms with Crippen LogP contribution in [-0.2, 0) is 0 Å². The second-order valence-corrected chi connectivity index (χ2v) is 6.16. The van der Waals surface area contributed by atoms with Gasteiger partial charge < -0.3 is 10.4 Å². The molecule has 1 aliphatic carbocycles. The van der Waals surface area contributed by atoms with Gasteiger partial charge in [0.15, 0.2) is 0 Å². The summed E-state index contributed by atoms with van der Waals surface area (Å²) in [5, 5.41) is 13.5. The van der Waals surface area contributed by atoms with E-state index in [2.05, 4.69) is 11.6 Å². The van der Waals surface area contributed by atoms with Crippen LogP contribution in [0.3, 0.4) is 0 Å². The van der Waals surface area contributed by atoms with Crippen molar-refractivity contribution in [3.05, 3.63) is 0 Å². The first-order valence-corrected chi connectivity index (χ1v) is 8.64. The minimum Gasteiger partial charge on any atom is -0.392 e. The Kier molecular flexibility index (Phi) is 9.21. The molecule has 1 aliphatic rings. The predicted molar refractivity (Wildman–Crippen MR) is 77.7 cm³/mol. The zero-order valence-corrected chi connectivity index (χ0v) is 12.1. The quantitative estimate of drug-likeness (QED) is 0.519. The Bertz CT molecular complexity index is 178. The number of hydrogen-bond acceptors (Lipinski definition) is 3. The third-order valence-corrected chi connectivity index (χ3v) is 4.36. The van der Waals surface area contributed by atoms with Crippen molar-refractivity contribution in [2.24, 2.45) is 0 Å². The number of thioether (sulfide) groups is 1. The van der Waals surface area contributed by atoms with Gasteiger partial charge >= 0.3 is 0 Å². The average molecular weight is 259 g/mol. The Balaban J connectivity index is 1.97. The lowest BCUT2D eigenvalue weighted by Crippen LogP contribution is -2.39. The van der Waals surface area contributed by atoms with Crippen LogP contribution in [0, 0.1) is 0 Å². The molecule has 0 radical (unpaired) electrons. The third kappa shape index (κ3) is 7.32. The topological polar surface area (TPSA) is 32.3 Å². The lowest BCUT2D eigenvalue weighted by atomic mass is 10.1. The van der Waals surface area contributed by atoms with Crippen molar-refractivity contribution >= 4 is 11.8 Å². The van der Waals surface area contributed by atoms with Gasteiger partial charge in [-0.15, -0.1) is 0 Å². The number of hydrogen-bond donors (Lipinski definition) is 2. The van der Waals surface area contributed by atoms with Crippen molar-refractivity contribution in [2.75, 3.05) is 18.6 Å². The minimum atomic E-state index is -0.103. The molecule has 102 valence electrons. The Morgan fingerprint density at radius 2 is 1.82 bits per heavy atom. The van der Waals surface area contributed by atoms with E-state index in [1.807, 2.05) is 11.8 Å². The Labute approximate surface area is 111 Å². The normalized spacial score (nSPS) is 25.8. The maximum atomic E-state index is 9.96. The van der Waals surface area contributed by atoms with Crippen LogP contribution >= 0.6 is 11.8 Å². The fraction of sp³-hybridized carbons (Fsp3) is 1.00. The molecule has 17 heavy (non-hydrogen) atoms. The van der Waals surface area contributed by atoms with Gasteiger partial charge in [0.25, 0.3) is 0 Å². The van der Waals surface area contributed by atoms with E-state index in [9.17, 15) is 5.11 Å². The van der Waals surface area contributed by atoms with Crippen LogP contribution in [0.2, 0.25) is 0 Å². The number of unbranched alkanes of at least 4 members (excludes halogenated alkanes) is 3. The SMILES string of the molecule is CSCCCCCCNC1CCCCCC1O. The van der Waals surface area contributed by atoms with Gasteiger partial charge in [-0.05, 0) is 44.2 Å². The molecule has 0 amide bonds. The zero-order chi connectivity index (χ0) is 12.3. The van der Waals surface area contributed by atoms with Crippen molar-refractivity contribution in [1.29, 1.82) is 0 Å². The lowest BCUT2D eigenvalue weighted by molar-refractivity contribution is 0.120. The summed E-state index contributed by atoms with van der Waals surface area (Å²) in [6.07, 6.45) is 13.3. The van der Waals surface area contributed by atoms with Crippen molar-refractivity contribution in [1.82, 2.24) is 5.32 Å². The van der Waals surface area contributed by atoms with Crippen LogP contribution in [0.4, 0.5) is 0 Å². The van der Waals surface area contributed by atoms with Crippen LogP contribution in [0.15, 0.2) is 0 Å². The monoisotopic (exact) mass is 259 g/mol. The largest absolute Gasteiger partial charge is 0.392 e. The van der Waals surface area contributed by atoms with Crippen LogP contribution in [0.5, 0.6) is 0 Å². The summed E-state index contributed by atoms with van der Waals surface area (Å²) in [7, 11) is 0. The van der Waals surface area contributed by atoms with Crippen molar-refractivity contribution in [3.63, 3.8) is 0 Å². The molecule has 1 rings (SSSR count). The Hall–Kier alpha value is 0.270. The molecule has 0 spiro atoms. The predicted octanol–water partition coefficient (Wildman–Crippen LogP) is 3.19. The summed E-state index contributed by atoms with van der Waals surface area (Å²) in [5.41, 5.74) is 0. The molecule has 0 aromatic heterocycles. The van der Waals surface area contributed by atoms with Gasteiger partial charge in [0.05, 0.1) is 6.10 Å². The van der Waals surface area contributed by atoms with Gasteiger partial charge in [0.2, 0.25) is 0 Å². The molecule has 2 nitrogen and oxygen atoms in total. The number of aliphatic hydroxyl groups is 1. The summed E-state index contributed by atoms with van der Waals surface area (Å²) in [6, 6.07) is 0.365. The molecular formula is C14H29NOS. The standard InChI is InChI=1S/C14H29NOS/c1-17-12-8-3-2-7-11-15-13-9-5-4-6-10-14(13)16/h13-16H,2-12H2,1H3. The third-order valence-electron chi connectivity index (χ3n) is 3.66. The highest BCUT2D eigenvalue weighted by Crippen LogP contribution is 2.18. The molecule has 1 saturated carbocycles. The minimum absolute atomic E-state index is 0.103. The molecule has 0 saturated heterocycles. The van der Waals surface area contributed by atoms with E-state index in [0.717, 1.165) is 19.4 Å². The first kappa shape index (κ1) is 15.3. The molecule has 0 aromatic carbocycles. The summed E-state index contributed by atoms with van der Waals surface area (Å²) in [5.74, 6) is 1.30. The maximum absolute atomic E-state index is 9.96. The number of aliphatic hydroxyl groups excluding tert-OH is 1. The van der Waals surface area contributed by atoms with Crippen molar-refractivity contribution < 1.29 is 5.11 Å². The highest BCUT2D eigenvalue weighted by Gasteiger charge is 2.20. The van der Waals surface area contributed by atoms with E-state index in [1.165, 1.54) is 50.7 Å². The molecule has 0 bridgehead atoms. The smallest absolute Gasteiger partial charge is 0.0693 e. The van der Waals surface area contributed by atoms with Crippen molar-refractivity contribution in [2.45, 2.75) is 69.9 Å². The molecule has 0 aliphatic heterocycles.